The number of sulfonamides is 1. The summed E-state index contributed by atoms with van der Waals surface area (Å²) < 4.78 is 32.9. The third kappa shape index (κ3) is 4.74. The molecule has 9 heteroatoms. The van der Waals surface area contributed by atoms with Gasteiger partial charge in [-0.05, 0) is 37.5 Å². The van der Waals surface area contributed by atoms with Gasteiger partial charge in [-0.3, -0.25) is 4.79 Å². The number of rotatable bonds is 4. The van der Waals surface area contributed by atoms with Crippen LogP contribution in [0.3, 0.4) is 0 Å². The van der Waals surface area contributed by atoms with E-state index in [1.54, 1.807) is 11.0 Å². The van der Waals surface area contributed by atoms with Crippen molar-refractivity contribution >= 4 is 28.3 Å². The molecule has 27 heavy (non-hydrogen) atoms. The zero-order chi connectivity index (χ0) is 18.7. The van der Waals surface area contributed by atoms with E-state index in [9.17, 15) is 13.2 Å². The van der Waals surface area contributed by atoms with E-state index < -0.39 is 10.0 Å². The Hall–Kier alpha value is -1.35. The van der Waals surface area contributed by atoms with E-state index in [1.165, 1.54) is 23.5 Å². The molecule has 0 aromatic heterocycles. The van der Waals surface area contributed by atoms with Gasteiger partial charge in [-0.2, -0.15) is 4.31 Å². The number of likely N-dealkylation sites (tertiary alicyclic amines) is 1. The standard InChI is InChI=1S/C18H27N3O4S.ClH/c1-25-17-7-6-15(26(23,24)21-9-4-2-3-5-10-21)12-16(17)18(22)20-11-8-14(19)13-20;/h6-7,12,14H,2-5,8-11,13,19H2,1H3;1H/t14-;/m1./s1. The van der Waals surface area contributed by atoms with Gasteiger partial charge in [0.1, 0.15) is 5.75 Å². The fraction of sp³-hybridized carbons (Fsp3) is 0.611. The fourth-order valence-corrected chi connectivity index (χ4v) is 5.13. The zero-order valence-corrected chi connectivity index (χ0v) is 17.2. The first kappa shape index (κ1) is 21.9. The molecule has 1 amide bonds. The Morgan fingerprint density at radius 2 is 1.81 bits per heavy atom. The average Bonchev–Trinajstić information content (AvgIpc) is 2.89. The number of hydrogen-bond acceptors (Lipinski definition) is 5. The third-order valence-electron chi connectivity index (χ3n) is 5.12. The lowest BCUT2D eigenvalue weighted by Gasteiger charge is -2.22. The largest absolute Gasteiger partial charge is 0.496 e. The minimum absolute atomic E-state index is 0. The maximum absolute atomic E-state index is 13.0. The van der Waals surface area contributed by atoms with Crippen LogP contribution >= 0.6 is 12.4 Å². The number of halogens is 1. The molecule has 1 atom stereocenters. The van der Waals surface area contributed by atoms with E-state index in [2.05, 4.69) is 0 Å². The summed E-state index contributed by atoms with van der Waals surface area (Å²) in [4.78, 5) is 14.7. The van der Waals surface area contributed by atoms with Gasteiger partial charge >= 0.3 is 0 Å². The number of hydrogen-bond donors (Lipinski definition) is 1. The summed E-state index contributed by atoms with van der Waals surface area (Å²) in [6.45, 7) is 2.11. The lowest BCUT2D eigenvalue weighted by Crippen LogP contribution is -2.33. The smallest absolute Gasteiger partial charge is 0.257 e. The van der Waals surface area contributed by atoms with Gasteiger partial charge in [-0.1, -0.05) is 12.8 Å². The van der Waals surface area contributed by atoms with Crippen LogP contribution in [0.5, 0.6) is 5.75 Å². The van der Waals surface area contributed by atoms with Gasteiger partial charge < -0.3 is 15.4 Å². The highest BCUT2D eigenvalue weighted by Crippen LogP contribution is 2.28. The van der Waals surface area contributed by atoms with Gasteiger partial charge in [0, 0.05) is 32.2 Å². The molecule has 7 nitrogen and oxygen atoms in total. The molecule has 2 aliphatic rings. The number of nitrogens with two attached hydrogens (primary N) is 1. The number of ether oxygens (including phenoxy) is 1. The Balaban J connectivity index is 0.00000261. The van der Waals surface area contributed by atoms with Crippen molar-refractivity contribution in [2.24, 2.45) is 5.73 Å². The minimum atomic E-state index is -3.62. The Bertz CT molecular complexity index is 764. The van der Waals surface area contributed by atoms with Crippen LogP contribution in [0.2, 0.25) is 0 Å². The first-order chi connectivity index (χ1) is 12.4. The van der Waals surface area contributed by atoms with Crippen molar-refractivity contribution in [2.75, 3.05) is 33.3 Å². The lowest BCUT2D eigenvalue weighted by molar-refractivity contribution is 0.0787. The number of benzene rings is 1. The van der Waals surface area contributed by atoms with E-state index in [-0.39, 0.29) is 34.8 Å². The summed E-state index contributed by atoms with van der Waals surface area (Å²) >= 11 is 0. The van der Waals surface area contributed by atoms with Gasteiger partial charge in [0.05, 0.1) is 17.6 Å². The molecule has 2 saturated heterocycles. The van der Waals surface area contributed by atoms with Crippen LogP contribution in [0.15, 0.2) is 23.1 Å². The first-order valence-corrected chi connectivity index (χ1v) is 10.6. The Kier molecular flexibility index (Phi) is 7.50. The predicted octanol–water partition coefficient (Wildman–Crippen LogP) is 1.85. The Morgan fingerprint density at radius 1 is 1.15 bits per heavy atom. The van der Waals surface area contributed by atoms with Crippen molar-refractivity contribution in [3.63, 3.8) is 0 Å². The molecule has 0 aliphatic carbocycles. The molecule has 2 heterocycles. The van der Waals surface area contributed by atoms with Crippen LogP contribution in [0.4, 0.5) is 0 Å². The zero-order valence-electron chi connectivity index (χ0n) is 15.6. The maximum atomic E-state index is 13.0. The Morgan fingerprint density at radius 3 is 2.37 bits per heavy atom. The molecular weight excluding hydrogens is 390 g/mol. The molecule has 0 unspecified atom stereocenters. The van der Waals surface area contributed by atoms with Crippen LogP contribution in [0, 0.1) is 0 Å². The molecule has 0 bridgehead atoms. The fourth-order valence-electron chi connectivity index (χ4n) is 3.59. The minimum Gasteiger partial charge on any atom is -0.496 e. The van der Waals surface area contributed by atoms with E-state index in [1.807, 2.05) is 0 Å². The van der Waals surface area contributed by atoms with Gasteiger partial charge in [0.2, 0.25) is 10.0 Å². The van der Waals surface area contributed by atoms with Crippen molar-refractivity contribution in [1.29, 1.82) is 0 Å². The third-order valence-corrected chi connectivity index (χ3v) is 7.01. The van der Waals surface area contributed by atoms with Crippen molar-refractivity contribution in [1.82, 2.24) is 9.21 Å². The van der Waals surface area contributed by atoms with Crippen molar-refractivity contribution in [3.8, 4) is 5.75 Å². The summed E-state index contributed by atoms with van der Waals surface area (Å²) in [5.41, 5.74) is 6.17. The number of carbonyl (C=O) groups excluding carboxylic acids is 1. The SMILES string of the molecule is COc1ccc(S(=O)(=O)N2CCCCCC2)cc1C(=O)N1CC[C@@H](N)C1.Cl. The highest BCUT2D eigenvalue weighted by molar-refractivity contribution is 7.89. The van der Waals surface area contributed by atoms with Crippen molar-refractivity contribution in [3.05, 3.63) is 23.8 Å². The highest BCUT2D eigenvalue weighted by Gasteiger charge is 2.30. The molecule has 0 saturated carbocycles. The monoisotopic (exact) mass is 417 g/mol. The number of nitrogens with zero attached hydrogens (tertiary/aromatic N) is 2. The topological polar surface area (TPSA) is 92.9 Å². The quantitative estimate of drug-likeness (QED) is 0.806. The molecule has 3 rings (SSSR count). The number of carbonyl (C=O) groups is 1. The lowest BCUT2D eigenvalue weighted by atomic mass is 10.1. The predicted molar refractivity (Wildman–Crippen MR) is 106 cm³/mol. The van der Waals surface area contributed by atoms with Crippen molar-refractivity contribution in [2.45, 2.75) is 43.0 Å². The molecule has 1 aromatic rings. The van der Waals surface area contributed by atoms with E-state index in [4.69, 9.17) is 10.5 Å². The van der Waals surface area contributed by atoms with Gasteiger partial charge in [-0.25, -0.2) is 8.42 Å². The van der Waals surface area contributed by atoms with E-state index in [0.717, 1.165) is 32.1 Å². The van der Waals surface area contributed by atoms with Crippen LogP contribution < -0.4 is 10.5 Å². The molecule has 152 valence electrons. The summed E-state index contributed by atoms with van der Waals surface area (Å²) in [7, 11) is -2.14. The van der Waals surface area contributed by atoms with Gasteiger partial charge in [0.15, 0.2) is 0 Å². The Labute approximate surface area is 167 Å². The molecule has 2 fully saturated rings. The summed E-state index contributed by atoms with van der Waals surface area (Å²) in [5.74, 6) is 0.146. The van der Waals surface area contributed by atoms with E-state index in [0.29, 0.717) is 31.9 Å². The summed E-state index contributed by atoms with van der Waals surface area (Å²) in [6, 6.07) is 4.50. The first-order valence-electron chi connectivity index (χ1n) is 9.16. The van der Waals surface area contributed by atoms with Crippen LogP contribution in [-0.4, -0.2) is 62.9 Å². The van der Waals surface area contributed by atoms with Crippen molar-refractivity contribution < 1.29 is 17.9 Å². The molecular formula is C18H28ClN3O4S. The number of amides is 1. The molecule has 2 N–H and O–H groups in total. The second-order valence-corrected chi connectivity index (χ2v) is 8.92. The second-order valence-electron chi connectivity index (χ2n) is 6.98. The average molecular weight is 418 g/mol. The van der Waals surface area contributed by atoms with Crippen LogP contribution in [0.25, 0.3) is 0 Å². The molecule has 1 aromatic carbocycles. The van der Waals surface area contributed by atoms with Crippen LogP contribution in [0.1, 0.15) is 42.5 Å². The number of methoxy groups -OCH3 is 1. The summed E-state index contributed by atoms with van der Waals surface area (Å²) in [5, 5.41) is 0. The van der Waals surface area contributed by atoms with Crippen LogP contribution in [-0.2, 0) is 10.0 Å². The normalized spacial score (nSPS) is 21.4. The van der Waals surface area contributed by atoms with Gasteiger partial charge in [-0.15, -0.1) is 12.4 Å². The van der Waals surface area contributed by atoms with Gasteiger partial charge in [0.25, 0.3) is 5.91 Å². The molecule has 0 spiro atoms. The second kappa shape index (κ2) is 9.23. The molecule has 0 radical (unpaired) electrons. The maximum Gasteiger partial charge on any atom is 0.257 e. The van der Waals surface area contributed by atoms with E-state index >= 15 is 0 Å². The highest BCUT2D eigenvalue weighted by atomic mass is 35.5. The molecule has 2 aliphatic heterocycles. The summed E-state index contributed by atoms with van der Waals surface area (Å²) in [6.07, 6.45) is 4.58.